The van der Waals surface area contributed by atoms with Gasteiger partial charge in [-0.3, -0.25) is 14.2 Å². The van der Waals surface area contributed by atoms with Gasteiger partial charge in [-0.25, -0.2) is 4.98 Å². The first-order chi connectivity index (χ1) is 13.1. The molecule has 0 radical (unpaired) electrons. The van der Waals surface area contributed by atoms with E-state index < -0.39 is 0 Å². The molecule has 0 saturated carbocycles. The number of likely N-dealkylation sites (tertiary alicyclic amines) is 1. The molecule has 140 valence electrons. The maximum atomic E-state index is 13.1. The fourth-order valence-corrected chi connectivity index (χ4v) is 4.88. The highest BCUT2D eigenvalue weighted by atomic mass is 32.1. The second-order valence-corrected chi connectivity index (χ2v) is 8.24. The molecule has 2 aromatic heterocycles. The van der Waals surface area contributed by atoms with Crippen molar-refractivity contribution in [3.63, 3.8) is 0 Å². The zero-order valence-electron chi connectivity index (χ0n) is 15.6. The first-order valence-corrected chi connectivity index (χ1v) is 10.2. The highest BCUT2D eigenvalue weighted by Gasteiger charge is 2.28. The van der Waals surface area contributed by atoms with Crippen LogP contribution in [0.5, 0.6) is 0 Å². The number of aromatic nitrogens is 2. The van der Waals surface area contributed by atoms with Gasteiger partial charge >= 0.3 is 0 Å². The van der Waals surface area contributed by atoms with Gasteiger partial charge in [-0.1, -0.05) is 30.3 Å². The minimum absolute atomic E-state index is 0.0386. The molecule has 0 aliphatic carbocycles. The van der Waals surface area contributed by atoms with Crippen LogP contribution in [0.15, 0.2) is 41.5 Å². The summed E-state index contributed by atoms with van der Waals surface area (Å²) in [6.45, 7) is 5.24. The third-order valence-corrected chi connectivity index (χ3v) is 6.56. The number of thiophene rings is 1. The molecule has 1 atom stereocenters. The second kappa shape index (κ2) is 7.27. The molecule has 6 heteroatoms. The molecule has 1 amide bonds. The third kappa shape index (κ3) is 3.30. The Labute approximate surface area is 162 Å². The van der Waals surface area contributed by atoms with Crippen molar-refractivity contribution in [3.8, 4) is 0 Å². The third-order valence-electron chi connectivity index (χ3n) is 5.37. The summed E-state index contributed by atoms with van der Waals surface area (Å²) in [5, 5.41) is 0.575. The van der Waals surface area contributed by atoms with E-state index in [1.54, 1.807) is 10.9 Å². The first kappa shape index (κ1) is 17.9. The molecule has 1 aliphatic rings. The van der Waals surface area contributed by atoms with Crippen LogP contribution in [-0.4, -0.2) is 32.9 Å². The van der Waals surface area contributed by atoms with E-state index in [2.05, 4.69) is 11.9 Å². The molecule has 1 unspecified atom stereocenters. The van der Waals surface area contributed by atoms with E-state index in [0.717, 1.165) is 30.5 Å². The van der Waals surface area contributed by atoms with Crippen molar-refractivity contribution in [1.29, 1.82) is 0 Å². The Balaban J connectivity index is 1.72. The van der Waals surface area contributed by atoms with E-state index in [9.17, 15) is 9.59 Å². The smallest absolute Gasteiger partial charge is 0.264 e. The zero-order chi connectivity index (χ0) is 19.0. The molecule has 5 nitrogen and oxygen atoms in total. The summed E-state index contributed by atoms with van der Waals surface area (Å²) in [4.78, 5) is 33.8. The van der Waals surface area contributed by atoms with Crippen LogP contribution in [0, 0.1) is 6.92 Å². The summed E-state index contributed by atoms with van der Waals surface area (Å²) >= 11 is 1.34. The lowest BCUT2D eigenvalue weighted by Gasteiger charge is -2.33. The lowest BCUT2D eigenvalue weighted by atomic mass is 10.0. The number of rotatable bonds is 3. The quantitative estimate of drug-likeness (QED) is 0.693. The Bertz CT molecular complexity index is 1040. The number of amides is 1. The van der Waals surface area contributed by atoms with E-state index in [0.29, 0.717) is 21.6 Å². The van der Waals surface area contributed by atoms with E-state index in [1.165, 1.54) is 17.8 Å². The van der Waals surface area contributed by atoms with Gasteiger partial charge in [-0.2, -0.15) is 0 Å². The molecule has 3 aromatic rings. The number of carbonyl (C=O) groups is 1. The molecule has 0 N–H and O–H groups in total. The van der Waals surface area contributed by atoms with Crippen molar-refractivity contribution in [2.75, 3.05) is 6.54 Å². The molecule has 1 saturated heterocycles. The predicted molar refractivity (Wildman–Crippen MR) is 109 cm³/mol. The SMILES string of the molecule is Cc1c(C(=O)N2CCCCC2C)sc2ncn(Cc3ccccc3)c(=O)c12. The lowest BCUT2D eigenvalue weighted by molar-refractivity contribution is 0.0640. The average Bonchev–Trinajstić information content (AvgIpc) is 3.02. The Morgan fingerprint density at radius 2 is 2.04 bits per heavy atom. The summed E-state index contributed by atoms with van der Waals surface area (Å²) in [5.74, 6) is 0.0386. The molecule has 1 aliphatic heterocycles. The zero-order valence-corrected chi connectivity index (χ0v) is 16.5. The fourth-order valence-electron chi connectivity index (χ4n) is 3.79. The molecule has 0 bridgehead atoms. The summed E-state index contributed by atoms with van der Waals surface area (Å²) in [6, 6.07) is 10.1. The maximum Gasteiger partial charge on any atom is 0.264 e. The van der Waals surface area contributed by atoms with Crippen molar-refractivity contribution in [2.45, 2.75) is 45.7 Å². The van der Waals surface area contributed by atoms with Crippen molar-refractivity contribution < 1.29 is 4.79 Å². The summed E-state index contributed by atoms with van der Waals surface area (Å²) in [7, 11) is 0. The Morgan fingerprint density at radius 1 is 1.26 bits per heavy atom. The fraction of sp³-hybridized carbons (Fsp3) is 0.381. The maximum absolute atomic E-state index is 13.1. The topological polar surface area (TPSA) is 55.2 Å². The summed E-state index contributed by atoms with van der Waals surface area (Å²) in [5.41, 5.74) is 1.73. The van der Waals surface area contributed by atoms with Crippen LogP contribution < -0.4 is 5.56 Å². The Kier molecular flexibility index (Phi) is 4.83. The molecule has 27 heavy (non-hydrogen) atoms. The van der Waals surface area contributed by atoms with Gasteiger partial charge in [0, 0.05) is 12.6 Å². The van der Waals surface area contributed by atoms with E-state index in [4.69, 9.17) is 0 Å². The number of piperidine rings is 1. The van der Waals surface area contributed by atoms with Gasteiger partial charge in [-0.15, -0.1) is 11.3 Å². The van der Waals surface area contributed by atoms with Gasteiger partial charge in [-0.05, 0) is 44.2 Å². The van der Waals surface area contributed by atoms with Gasteiger partial charge in [0.05, 0.1) is 23.1 Å². The Hall–Kier alpha value is -2.47. The molecular weight excluding hydrogens is 358 g/mol. The summed E-state index contributed by atoms with van der Waals surface area (Å²) < 4.78 is 1.62. The van der Waals surface area contributed by atoms with Crippen LogP contribution in [0.1, 0.15) is 47.0 Å². The first-order valence-electron chi connectivity index (χ1n) is 9.39. The largest absolute Gasteiger partial charge is 0.335 e. The molecule has 1 fully saturated rings. The standard InChI is InChI=1S/C21H23N3O2S/c1-14-8-6-7-11-24(14)21(26)18-15(2)17-19(27-18)22-13-23(20(17)25)12-16-9-4-3-5-10-16/h3-5,9-10,13-14H,6-8,11-12H2,1-2H3. The van der Waals surface area contributed by atoms with Crippen LogP contribution in [-0.2, 0) is 6.54 Å². The van der Waals surface area contributed by atoms with Crippen LogP contribution in [0.3, 0.4) is 0 Å². The van der Waals surface area contributed by atoms with Gasteiger partial charge in [0.25, 0.3) is 11.5 Å². The molecule has 4 rings (SSSR count). The van der Waals surface area contributed by atoms with Crippen LogP contribution in [0.2, 0.25) is 0 Å². The van der Waals surface area contributed by atoms with Gasteiger partial charge < -0.3 is 4.90 Å². The lowest BCUT2D eigenvalue weighted by Crippen LogP contribution is -2.41. The number of benzene rings is 1. The van der Waals surface area contributed by atoms with Gasteiger partial charge in [0.1, 0.15) is 4.83 Å². The number of aryl methyl sites for hydroxylation is 1. The number of fused-ring (bicyclic) bond motifs is 1. The van der Waals surface area contributed by atoms with E-state index >= 15 is 0 Å². The van der Waals surface area contributed by atoms with Crippen molar-refractivity contribution in [2.24, 2.45) is 0 Å². The predicted octanol–water partition coefficient (Wildman–Crippen LogP) is 3.83. The van der Waals surface area contributed by atoms with Crippen LogP contribution in [0.25, 0.3) is 10.2 Å². The minimum atomic E-state index is -0.0802. The van der Waals surface area contributed by atoms with E-state index in [1.807, 2.05) is 42.2 Å². The van der Waals surface area contributed by atoms with Crippen molar-refractivity contribution in [1.82, 2.24) is 14.5 Å². The summed E-state index contributed by atoms with van der Waals surface area (Å²) in [6.07, 6.45) is 4.84. The molecule has 1 aromatic carbocycles. The number of hydrogen-bond acceptors (Lipinski definition) is 4. The van der Waals surface area contributed by atoms with Crippen molar-refractivity contribution in [3.05, 3.63) is 63.0 Å². The van der Waals surface area contributed by atoms with Crippen LogP contribution in [0.4, 0.5) is 0 Å². The normalized spacial score (nSPS) is 17.4. The van der Waals surface area contributed by atoms with Crippen LogP contribution >= 0.6 is 11.3 Å². The molecular formula is C21H23N3O2S. The minimum Gasteiger partial charge on any atom is -0.335 e. The highest BCUT2D eigenvalue weighted by molar-refractivity contribution is 7.20. The molecule has 3 heterocycles. The second-order valence-electron chi connectivity index (χ2n) is 7.24. The highest BCUT2D eigenvalue weighted by Crippen LogP contribution is 2.30. The van der Waals surface area contributed by atoms with Crippen molar-refractivity contribution >= 4 is 27.5 Å². The number of nitrogens with zero attached hydrogens (tertiary/aromatic N) is 3. The average molecular weight is 382 g/mol. The van der Waals surface area contributed by atoms with Gasteiger partial charge in [0.2, 0.25) is 0 Å². The number of hydrogen-bond donors (Lipinski definition) is 0. The van der Waals surface area contributed by atoms with E-state index in [-0.39, 0.29) is 17.5 Å². The van der Waals surface area contributed by atoms with Gasteiger partial charge in [0.15, 0.2) is 0 Å². The Morgan fingerprint density at radius 3 is 2.78 bits per heavy atom. The molecule has 0 spiro atoms. The number of carbonyl (C=O) groups excluding carboxylic acids is 1. The monoisotopic (exact) mass is 381 g/mol.